The molecule has 0 aliphatic heterocycles. The van der Waals surface area contributed by atoms with Gasteiger partial charge in [0.2, 0.25) is 5.78 Å². The van der Waals surface area contributed by atoms with Gasteiger partial charge in [-0.3, -0.25) is 9.59 Å². The second-order valence-electron chi connectivity index (χ2n) is 2.81. The first-order valence-electron chi connectivity index (χ1n) is 4.06. The van der Waals surface area contributed by atoms with Crippen molar-refractivity contribution in [3.8, 4) is 6.07 Å². The normalized spacial score (nSPS) is 11.8. The van der Waals surface area contributed by atoms with Crippen LogP contribution in [-0.2, 0) is 9.59 Å². The average Bonchev–Trinajstić information content (AvgIpc) is 2.13. The van der Waals surface area contributed by atoms with Gasteiger partial charge in [0.25, 0.3) is 5.91 Å². The summed E-state index contributed by atoms with van der Waals surface area (Å²) >= 11 is 0. The van der Waals surface area contributed by atoms with Gasteiger partial charge in [0.1, 0.15) is 6.42 Å². The number of carbonyl (C=O) groups is 2. The van der Waals surface area contributed by atoms with E-state index in [4.69, 9.17) is 5.26 Å². The fourth-order valence-corrected chi connectivity index (χ4v) is 0.641. The molecule has 0 aliphatic rings. The van der Waals surface area contributed by atoms with Crippen LogP contribution in [0.15, 0.2) is 5.10 Å². The van der Waals surface area contributed by atoms with Gasteiger partial charge >= 0.3 is 6.18 Å². The molecule has 0 rings (SSSR count). The van der Waals surface area contributed by atoms with Crippen molar-refractivity contribution in [1.82, 2.24) is 5.43 Å². The molecule has 0 saturated carbocycles. The molecule has 0 unspecified atom stereocenters. The van der Waals surface area contributed by atoms with E-state index < -0.39 is 30.7 Å². The predicted octanol–water partition coefficient (Wildman–Crippen LogP) is 0.914. The van der Waals surface area contributed by atoms with Gasteiger partial charge in [0.15, 0.2) is 0 Å². The number of nitriles is 1. The molecular weight excluding hydrogens is 227 g/mol. The van der Waals surface area contributed by atoms with E-state index in [0.717, 1.165) is 6.92 Å². The number of ketones is 1. The number of carbonyl (C=O) groups excluding carboxylic acids is 2. The molecule has 0 saturated heterocycles. The summed E-state index contributed by atoms with van der Waals surface area (Å²) in [6.07, 6.45) is -6.28. The Labute approximate surface area is 88.9 Å². The highest BCUT2D eigenvalue weighted by Crippen LogP contribution is 2.17. The Morgan fingerprint density at radius 1 is 1.44 bits per heavy atom. The quantitative estimate of drug-likeness (QED) is 0.580. The molecule has 8 heteroatoms. The number of Topliss-reactive ketones (excluding diaryl/α,β-unsaturated/α-hetero) is 1. The van der Waals surface area contributed by atoms with Crippen LogP contribution in [-0.4, -0.2) is 23.6 Å². The number of hydrogen-bond acceptors (Lipinski definition) is 4. The number of hydrogen-bond donors (Lipinski definition) is 1. The Morgan fingerprint density at radius 3 is 2.44 bits per heavy atom. The van der Waals surface area contributed by atoms with Crippen molar-refractivity contribution in [2.45, 2.75) is 25.9 Å². The maximum Gasteiger partial charge on any atom is 0.450 e. The lowest BCUT2D eigenvalue weighted by Gasteiger charge is -2.04. The first-order chi connectivity index (χ1) is 7.27. The van der Waals surface area contributed by atoms with E-state index in [2.05, 4.69) is 5.10 Å². The minimum absolute atomic E-state index is 0.186. The van der Waals surface area contributed by atoms with Gasteiger partial charge < -0.3 is 0 Å². The zero-order valence-corrected chi connectivity index (χ0v) is 8.26. The molecule has 16 heavy (non-hydrogen) atoms. The number of alkyl halides is 3. The Balaban J connectivity index is 4.22. The van der Waals surface area contributed by atoms with Crippen molar-refractivity contribution in [1.29, 1.82) is 5.26 Å². The highest BCUT2D eigenvalue weighted by Gasteiger charge is 2.37. The summed E-state index contributed by atoms with van der Waals surface area (Å²) in [6, 6.07) is 1.53. The Kier molecular flexibility index (Phi) is 5.15. The number of amides is 1. The van der Waals surface area contributed by atoms with E-state index in [-0.39, 0.29) is 5.71 Å². The molecule has 0 bridgehead atoms. The maximum absolute atomic E-state index is 11.8. The molecule has 0 aromatic heterocycles. The number of halogens is 3. The number of rotatable bonds is 4. The van der Waals surface area contributed by atoms with Crippen LogP contribution < -0.4 is 5.43 Å². The van der Waals surface area contributed by atoms with E-state index in [1.54, 1.807) is 0 Å². The monoisotopic (exact) mass is 235 g/mol. The highest BCUT2D eigenvalue weighted by molar-refractivity contribution is 6.03. The van der Waals surface area contributed by atoms with Gasteiger partial charge in [0, 0.05) is 5.71 Å². The first-order valence-corrected chi connectivity index (χ1v) is 4.06. The molecular formula is C8H8F3N3O2. The summed E-state index contributed by atoms with van der Waals surface area (Å²) in [4.78, 5) is 21.2. The van der Waals surface area contributed by atoms with Crippen molar-refractivity contribution in [2.24, 2.45) is 5.10 Å². The zero-order valence-electron chi connectivity index (χ0n) is 8.26. The minimum atomic E-state index is -4.91. The Hall–Kier alpha value is -1.91. The maximum atomic E-state index is 11.8. The standard InChI is InChI=1S/C8H8F3N3O2/c1-5(4-6(15)8(9,10)11)13-14-7(16)2-3-12/h2,4H2,1H3,(H,14,16)/b13-5-. The zero-order chi connectivity index (χ0) is 12.8. The summed E-state index contributed by atoms with van der Waals surface area (Å²) in [7, 11) is 0. The highest BCUT2D eigenvalue weighted by atomic mass is 19.4. The first kappa shape index (κ1) is 14.1. The molecule has 0 aromatic carbocycles. The van der Waals surface area contributed by atoms with E-state index in [1.807, 2.05) is 5.43 Å². The summed E-state index contributed by atoms with van der Waals surface area (Å²) < 4.78 is 35.4. The third-order valence-electron chi connectivity index (χ3n) is 1.34. The molecule has 0 spiro atoms. The lowest BCUT2D eigenvalue weighted by molar-refractivity contribution is -0.169. The van der Waals surface area contributed by atoms with Crippen molar-refractivity contribution < 1.29 is 22.8 Å². The molecule has 1 N–H and O–H groups in total. The molecule has 0 aliphatic carbocycles. The molecule has 0 aromatic rings. The van der Waals surface area contributed by atoms with Gasteiger partial charge in [-0.05, 0) is 6.92 Å². The van der Waals surface area contributed by atoms with Crippen molar-refractivity contribution in [3.63, 3.8) is 0 Å². The van der Waals surface area contributed by atoms with Crippen molar-refractivity contribution in [3.05, 3.63) is 0 Å². The third kappa shape index (κ3) is 5.74. The number of nitrogens with zero attached hydrogens (tertiary/aromatic N) is 2. The smallest absolute Gasteiger partial charge is 0.289 e. The van der Waals surface area contributed by atoms with Crippen LogP contribution in [0.3, 0.4) is 0 Å². The Morgan fingerprint density at radius 2 is 2.00 bits per heavy atom. The summed E-state index contributed by atoms with van der Waals surface area (Å²) in [5.74, 6) is -2.69. The van der Waals surface area contributed by atoms with Crippen LogP contribution in [0.4, 0.5) is 13.2 Å². The van der Waals surface area contributed by atoms with Gasteiger partial charge in [-0.2, -0.15) is 23.5 Å². The van der Waals surface area contributed by atoms with Crippen molar-refractivity contribution in [2.75, 3.05) is 0 Å². The predicted molar refractivity (Wildman–Crippen MR) is 47.2 cm³/mol. The SMILES string of the molecule is C/C(CC(=O)C(F)(F)F)=N/NC(=O)CC#N. The minimum Gasteiger partial charge on any atom is -0.289 e. The van der Waals surface area contributed by atoms with Crippen molar-refractivity contribution >= 4 is 17.4 Å². The number of hydrazone groups is 1. The molecule has 0 atom stereocenters. The van der Waals surface area contributed by atoms with Gasteiger partial charge in [0.05, 0.1) is 12.5 Å². The summed E-state index contributed by atoms with van der Waals surface area (Å²) in [5, 5.41) is 11.3. The molecule has 1 amide bonds. The van der Waals surface area contributed by atoms with Gasteiger partial charge in [-0.25, -0.2) is 5.43 Å². The third-order valence-corrected chi connectivity index (χ3v) is 1.34. The molecule has 0 heterocycles. The largest absolute Gasteiger partial charge is 0.450 e. The van der Waals surface area contributed by atoms with Crippen LogP contribution in [0.5, 0.6) is 0 Å². The molecule has 0 radical (unpaired) electrons. The second-order valence-corrected chi connectivity index (χ2v) is 2.81. The van der Waals surface area contributed by atoms with Crippen LogP contribution >= 0.6 is 0 Å². The molecule has 88 valence electrons. The lowest BCUT2D eigenvalue weighted by Crippen LogP contribution is -2.26. The fourth-order valence-electron chi connectivity index (χ4n) is 0.641. The van der Waals surface area contributed by atoms with E-state index in [0.29, 0.717) is 0 Å². The van der Waals surface area contributed by atoms with E-state index in [9.17, 15) is 22.8 Å². The lowest BCUT2D eigenvalue weighted by atomic mass is 10.2. The fraction of sp³-hybridized carbons (Fsp3) is 0.500. The topological polar surface area (TPSA) is 82.3 Å². The van der Waals surface area contributed by atoms with Crippen LogP contribution in [0.1, 0.15) is 19.8 Å². The Bertz CT molecular complexity index is 355. The van der Waals surface area contributed by atoms with Crippen LogP contribution in [0.25, 0.3) is 0 Å². The van der Waals surface area contributed by atoms with E-state index >= 15 is 0 Å². The van der Waals surface area contributed by atoms with Gasteiger partial charge in [-0.1, -0.05) is 0 Å². The van der Waals surface area contributed by atoms with Crippen LogP contribution in [0, 0.1) is 11.3 Å². The average molecular weight is 235 g/mol. The second kappa shape index (κ2) is 5.85. The molecule has 0 fully saturated rings. The van der Waals surface area contributed by atoms with Gasteiger partial charge in [-0.15, -0.1) is 0 Å². The molecule has 5 nitrogen and oxygen atoms in total. The van der Waals surface area contributed by atoms with Crippen LogP contribution in [0.2, 0.25) is 0 Å². The summed E-state index contributed by atoms with van der Waals surface area (Å²) in [6.45, 7) is 1.16. The van der Waals surface area contributed by atoms with E-state index in [1.165, 1.54) is 6.07 Å². The number of nitrogens with one attached hydrogen (secondary N) is 1. The summed E-state index contributed by atoms with van der Waals surface area (Å²) in [5.41, 5.74) is 1.66.